The van der Waals surface area contributed by atoms with E-state index >= 15 is 0 Å². The lowest BCUT2D eigenvalue weighted by molar-refractivity contribution is -0.136. The maximum atomic E-state index is 10.6. The van der Waals surface area contributed by atoms with Gasteiger partial charge in [-0.1, -0.05) is 0 Å². The Morgan fingerprint density at radius 2 is 2.44 bits per heavy atom. The Morgan fingerprint density at radius 3 is 3.11 bits per heavy atom. The Balaban J connectivity index is 1.96. The second kappa shape index (κ2) is 5.80. The highest BCUT2D eigenvalue weighted by molar-refractivity contribution is 7.11. The lowest BCUT2D eigenvalue weighted by Gasteiger charge is -2.27. The average Bonchev–Trinajstić information content (AvgIpc) is 2.87. The van der Waals surface area contributed by atoms with Crippen LogP contribution < -0.4 is 0 Å². The summed E-state index contributed by atoms with van der Waals surface area (Å²) in [5, 5.41) is 9.82. The fourth-order valence-electron chi connectivity index (χ4n) is 2.63. The highest BCUT2D eigenvalue weighted by atomic mass is 32.1. The number of thiazole rings is 1. The number of aromatic nitrogens is 1. The van der Waals surface area contributed by atoms with Crippen LogP contribution in [-0.2, 0) is 17.6 Å². The highest BCUT2D eigenvalue weighted by Gasteiger charge is 2.27. The molecule has 5 heteroatoms. The summed E-state index contributed by atoms with van der Waals surface area (Å²) < 4.78 is 0. The van der Waals surface area contributed by atoms with Gasteiger partial charge in [0.15, 0.2) is 0 Å². The molecule has 0 amide bonds. The van der Waals surface area contributed by atoms with E-state index in [1.165, 1.54) is 19.4 Å². The van der Waals surface area contributed by atoms with Crippen LogP contribution in [0.2, 0.25) is 0 Å². The van der Waals surface area contributed by atoms with Crippen molar-refractivity contribution >= 4 is 17.3 Å². The maximum Gasteiger partial charge on any atom is 0.308 e. The van der Waals surface area contributed by atoms with Crippen LogP contribution >= 0.6 is 11.3 Å². The van der Waals surface area contributed by atoms with Gasteiger partial charge in [-0.25, -0.2) is 4.98 Å². The third-order valence-corrected chi connectivity index (χ3v) is 4.44. The molecule has 4 nitrogen and oxygen atoms in total. The first-order chi connectivity index (χ1) is 8.56. The molecule has 1 unspecified atom stereocenters. The molecule has 0 radical (unpaired) electrons. The number of carboxylic acids is 1. The van der Waals surface area contributed by atoms with E-state index in [2.05, 4.69) is 23.7 Å². The number of aliphatic carboxylic acids is 1. The van der Waals surface area contributed by atoms with Gasteiger partial charge in [-0.2, -0.15) is 0 Å². The van der Waals surface area contributed by atoms with Crippen LogP contribution in [0.3, 0.4) is 0 Å². The lowest BCUT2D eigenvalue weighted by atomic mass is 10.1. The van der Waals surface area contributed by atoms with Gasteiger partial charge in [-0.05, 0) is 33.2 Å². The molecule has 2 heterocycles. The van der Waals surface area contributed by atoms with E-state index in [0.29, 0.717) is 12.1 Å². The molecule has 0 bridgehead atoms. The Bertz CT molecular complexity index is 417. The molecule has 1 aromatic heterocycles. The predicted molar refractivity (Wildman–Crippen MR) is 72.0 cm³/mol. The standard InChI is InChI=1S/C13H20N2O2S/c1-9(2)15-5-3-4-10(15)6-12-14-8-11(18-12)7-13(16)17/h8-10H,3-7H2,1-2H3,(H,16,17). The number of carbonyl (C=O) groups is 1. The summed E-state index contributed by atoms with van der Waals surface area (Å²) in [6.45, 7) is 5.64. The van der Waals surface area contributed by atoms with Gasteiger partial charge >= 0.3 is 5.97 Å². The van der Waals surface area contributed by atoms with Gasteiger partial charge < -0.3 is 5.11 Å². The summed E-state index contributed by atoms with van der Waals surface area (Å²) in [5.74, 6) is -0.783. The number of nitrogens with zero attached hydrogens (tertiary/aromatic N) is 2. The quantitative estimate of drug-likeness (QED) is 0.889. The minimum atomic E-state index is -0.783. The molecular weight excluding hydrogens is 248 g/mol. The van der Waals surface area contributed by atoms with Gasteiger partial charge in [0.1, 0.15) is 0 Å². The SMILES string of the molecule is CC(C)N1CCCC1Cc1ncc(CC(=O)O)s1. The number of rotatable bonds is 5. The largest absolute Gasteiger partial charge is 0.481 e. The van der Waals surface area contributed by atoms with Gasteiger partial charge in [0.05, 0.1) is 11.4 Å². The lowest BCUT2D eigenvalue weighted by Crippen LogP contribution is -2.36. The zero-order valence-electron chi connectivity index (χ0n) is 10.9. The molecule has 100 valence electrons. The molecule has 1 atom stereocenters. The molecule has 0 aromatic carbocycles. The Morgan fingerprint density at radius 1 is 1.67 bits per heavy atom. The molecule has 2 rings (SSSR count). The fraction of sp³-hybridized carbons (Fsp3) is 0.692. The van der Waals surface area contributed by atoms with Crippen molar-refractivity contribution < 1.29 is 9.90 Å². The average molecular weight is 268 g/mol. The van der Waals surface area contributed by atoms with E-state index in [9.17, 15) is 4.79 Å². The summed E-state index contributed by atoms with van der Waals surface area (Å²) in [5.41, 5.74) is 0. The van der Waals surface area contributed by atoms with E-state index in [0.717, 1.165) is 16.3 Å². The highest BCUT2D eigenvalue weighted by Crippen LogP contribution is 2.25. The van der Waals surface area contributed by atoms with Gasteiger partial charge in [-0.15, -0.1) is 11.3 Å². The molecule has 1 N–H and O–H groups in total. The number of hydrogen-bond acceptors (Lipinski definition) is 4. The minimum absolute atomic E-state index is 0.0935. The van der Waals surface area contributed by atoms with Crippen molar-refractivity contribution in [3.8, 4) is 0 Å². The predicted octanol–water partition coefficient (Wildman–Crippen LogP) is 2.19. The molecule has 0 spiro atoms. The van der Waals surface area contributed by atoms with E-state index in [4.69, 9.17) is 5.11 Å². The summed E-state index contributed by atoms with van der Waals surface area (Å²) in [6.07, 6.45) is 5.25. The first-order valence-electron chi connectivity index (χ1n) is 6.47. The molecule has 1 aliphatic heterocycles. The maximum absolute atomic E-state index is 10.6. The second-order valence-corrected chi connectivity index (χ2v) is 6.32. The summed E-state index contributed by atoms with van der Waals surface area (Å²) in [4.78, 5) is 18.4. The van der Waals surface area contributed by atoms with Crippen LogP contribution in [0.1, 0.15) is 36.6 Å². The third kappa shape index (κ3) is 3.29. The Labute approximate surface area is 112 Å². The van der Waals surface area contributed by atoms with E-state index in [1.54, 1.807) is 17.5 Å². The first kappa shape index (κ1) is 13.5. The van der Waals surface area contributed by atoms with Crippen LogP contribution in [0, 0.1) is 0 Å². The monoisotopic (exact) mass is 268 g/mol. The summed E-state index contributed by atoms with van der Waals surface area (Å²) in [7, 11) is 0. The molecule has 1 fully saturated rings. The first-order valence-corrected chi connectivity index (χ1v) is 7.29. The van der Waals surface area contributed by atoms with E-state index in [-0.39, 0.29) is 6.42 Å². The minimum Gasteiger partial charge on any atom is -0.481 e. The van der Waals surface area contributed by atoms with Crippen LogP contribution in [-0.4, -0.2) is 39.6 Å². The Hall–Kier alpha value is -0.940. The van der Waals surface area contributed by atoms with Gasteiger partial charge in [0, 0.05) is 29.6 Å². The van der Waals surface area contributed by atoms with E-state index < -0.39 is 5.97 Å². The van der Waals surface area contributed by atoms with Crippen molar-refractivity contribution in [2.45, 2.75) is 51.6 Å². The number of hydrogen-bond donors (Lipinski definition) is 1. The van der Waals surface area contributed by atoms with Crippen molar-refractivity contribution in [3.63, 3.8) is 0 Å². The van der Waals surface area contributed by atoms with Gasteiger partial charge in [0.2, 0.25) is 0 Å². The number of carboxylic acid groups (broad SMARTS) is 1. The molecule has 1 aliphatic rings. The van der Waals surface area contributed by atoms with Crippen LogP contribution in [0.25, 0.3) is 0 Å². The normalized spacial score (nSPS) is 20.7. The van der Waals surface area contributed by atoms with Gasteiger partial charge in [-0.3, -0.25) is 9.69 Å². The Kier molecular flexibility index (Phi) is 4.35. The molecule has 1 saturated heterocycles. The van der Waals surface area contributed by atoms with Crippen LogP contribution in [0.15, 0.2) is 6.20 Å². The molecule has 0 aliphatic carbocycles. The van der Waals surface area contributed by atoms with Crippen molar-refractivity contribution in [2.24, 2.45) is 0 Å². The topological polar surface area (TPSA) is 53.4 Å². The number of likely N-dealkylation sites (tertiary alicyclic amines) is 1. The third-order valence-electron chi connectivity index (χ3n) is 3.42. The van der Waals surface area contributed by atoms with Crippen LogP contribution in [0.5, 0.6) is 0 Å². The van der Waals surface area contributed by atoms with E-state index in [1.807, 2.05) is 0 Å². The zero-order chi connectivity index (χ0) is 13.1. The van der Waals surface area contributed by atoms with Crippen molar-refractivity contribution in [3.05, 3.63) is 16.1 Å². The summed E-state index contributed by atoms with van der Waals surface area (Å²) >= 11 is 1.54. The van der Waals surface area contributed by atoms with Crippen molar-refractivity contribution in [2.75, 3.05) is 6.54 Å². The molecule has 0 saturated carbocycles. The van der Waals surface area contributed by atoms with Crippen molar-refractivity contribution in [1.29, 1.82) is 0 Å². The van der Waals surface area contributed by atoms with Crippen molar-refractivity contribution in [1.82, 2.24) is 9.88 Å². The fourth-order valence-corrected chi connectivity index (χ4v) is 3.62. The van der Waals surface area contributed by atoms with Crippen LogP contribution in [0.4, 0.5) is 0 Å². The summed E-state index contributed by atoms with van der Waals surface area (Å²) in [6, 6.07) is 1.16. The second-order valence-electron chi connectivity index (χ2n) is 5.12. The zero-order valence-corrected chi connectivity index (χ0v) is 11.7. The van der Waals surface area contributed by atoms with Gasteiger partial charge in [0.25, 0.3) is 0 Å². The molecule has 18 heavy (non-hydrogen) atoms. The smallest absolute Gasteiger partial charge is 0.308 e. The molecule has 1 aromatic rings. The molecular formula is C13H20N2O2S.